The topological polar surface area (TPSA) is 148 Å². The average molecular weight is 250 g/mol. The maximum atomic E-state index is 10.8. The third kappa shape index (κ3) is 5.29. The van der Waals surface area contributed by atoms with Crippen LogP contribution in [-0.2, 0) is 15.3 Å². The largest absolute Gasteiger partial charge is 0.479 e. The summed E-state index contributed by atoms with van der Waals surface area (Å²) in [7, 11) is -2.76. The van der Waals surface area contributed by atoms with Gasteiger partial charge in [-0.25, -0.2) is 4.79 Å². The molecule has 9 heteroatoms. The Kier molecular flexibility index (Phi) is 5.43. The molecule has 0 saturated heterocycles. The molecule has 1 unspecified atom stereocenters. The van der Waals surface area contributed by atoms with Gasteiger partial charge in [0.25, 0.3) is 0 Å². The first-order chi connectivity index (χ1) is 7.28. The number of guanidine groups is 1. The molecule has 5 N–H and O–H groups in total. The van der Waals surface area contributed by atoms with Crippen molar-refractivity contribution in [2.45, 2.75) is 25.3 Å². The summed E-state index contributed by atoms with van der Waals surface area (Å²) >= 11 is 0. The lowest BCUT2D eigenvalue weighted by Crippen LogP contribution is -2.33. The highest BCUT2D eigenvalue weighted by atomic mass is 32.2. The predicted molar refractivity (Wildman–Crippen MR) is 57.3 cm³/mol. The van der Waals surface area contributed by atoms with Gasteiger partial charge in [0.15, 0.2) is 11.5 Å². The monoisotopic (exact) mass is 250 g/mol. The van der Waals surface area contributed by atoms with E-state index < -0.39 is 22.0 Å². The van der Waals surface area contributed by atoms with Gasteiger partial charge in [-0.15, -0.1) is 0 Å². The fourth-order valence-electron chi connectivity index (χ4n) is 0.988. The Hall–Kier alpha value is -1.64. The van der Waals surface area contributed by atoms with E-state index in [1.807, 2.05) is 0 Å². The first-order valence-corrected chi connectivity index (χ1v) is 5.42. The zero-order valence-electron chi connectivity index (χ0n) is 8.75. The van der Waals surface area contributed by atoms with Gasteiger partial charge in [0.05, 0.1) is 0 Å². The first-order valence-electron chi connectivity index (χ1n) is 4.39. The zero-order chi connectivity index (χ0) is 12.8. The van der Waals surface area contributed by atoms with E-state index in [-0.39, 0.29) is 18.9 Å². The zero-order valence-corrected chi connectivity index (χ0v) is 9.57. The molecular weight excluding hydrogens is 236 g/mol. The standard InChI is InChI=1S/C7H14N4O4S/c1-7(5(12)13,11-16(14)15)3-2-4-10-6(8)9/h2-4H2,1H3,(H,12,13)(H4,8,9,10). The van der Waals surface area contributed by atoms with Gasteiger partial charge in [-0.05, 0) is 19.8 Å². The van der Waals surface area contributed by atoms with Crippen molar-refractivity contribution in [2.24, 2.45) is 20.8 Å². The van der Waals surface area contributed by atoms with Gasteiger partial charge in [-0.3, -0.25) is 4.99 Å². The van der Waals surface area contributed by atoms with E-state index >= 15 is 0 Å². The number of nitrogens with zero attached hydrogens (tertiary/aromatic N) is 2. The van der Waals surface area contributed by atoms with E-state index in [1.54, 1.807) is 0 Å². The molecule has 8 nitrogen and oxygen atoms in total. The van der Waals surface area contributed by atoms with Gasteiger partial charge in [0.2, 0.25) is 0 Å². The number of hydrogen-bond donors (Lipinski definition) is 3. The predicted octanol–water partition coefficient (Wildman–Crippen LogP) is -1.05. The number of nitrogens with two attached hydrogens (primary N) is 2. The Morgan fingerprint density at radius 3 is 2.38 bits per heavy atom. The van der Waals surface area contributed by atoms with Crippen LogP contribution < -0.4 is 11.5 Å². The first kappa shape index (κ1) is 14.4. The molecule has 16 heavy (non-hydrogen) atoms. The van der Waals surface area contributed by atoms with Gasteiger partial charge in [-0.2, -0.15) is 12.8 Å². The summed E-state index contributed by atoms with van der Waals surface area (Å²) < 4.78 is 23.9. The van der Waals surface area contributed by atoms with Crippen LogP contribution in [0.4, 0.5) is 0 Å². The van der Waals surface area contributed by atoms with E-state index in [0.717, 1.165) is 0 Å². The summed E-state index contributed by atoms with van der Waals surface area (Å²) in [4.78, 5) is 14.5. The second kappa shape index (κ2) is 6.05. The van der Waals surface area contributed by atoms with Gasteiger partial charge >= 0.3 is 16.5 Å². The van der Waals surface area contributed by atoms with Crippen molar-refractivity contribution >= 4 is 22.4 Å². The molecule has 0 aliphatic carbocycles. The maximum absolute atomic E-state index is 10.8. The van der Waals surface area contributed by atoms with Crippen LogP contribution in [0, 0.1) is 0 Å². The van der Waals surface area contributed by atoms with Crippen LogP contribution in [0.25, 0.3) is 0 Å². The lowest BCUT2D eigenvalue weighted by atomic mass is 9.98. The number of carbonyl (C=O) groups is 1. The van der Waals surface area contributed by atoms with Crippen LogP contribution in [0.15, 0.2) is 9.36 Å². The van der Waals surface area contributed by atoms with E-state index in [1.165, 1.54) is 6.92 Å². The highest BCUT2D eigenvalue weighted by Gasteiger charge is 2.32. The smallest absolute Gasteiger partial charge is 0.332 e. The summed E-state index contributed by atoms with van der Waals surface area (Å²) in [6.07, 6.45) is 0.356. The molecule has 0 spiro atoms. The number of aliphatic imine (C=N–C) groups is 1. The van der Waals surface area contributed by atoms with E-state index in [9.17, 15) is 13.2 Å². The lowest BCUT2D eigenvalue weighted by molar-refractivity contribution is -0.142. The average Bonchev–Trinajstić information content (AvgIpc) is 2.10. The molecule has 0 aromatic carbocycles. The number of hydrogen-bond acceptors (Lipinski definition) is 5. The highest BCUT2D eigenvalue weighted by molar-refractivity contribution is 7.61. The minimum atomic E-state index is -2.76. The molecule has 0 heterocycles. The van der Waals surface area contributed by atoms with E-state index in [0.29, 0.717) is 6.42 Å². The van der Waals surface area contributed by atoms with Crippen molar-refractivity contribution in [3.8, 4) is 0 Å². The van der Waals surface area contributed by atoms with Crippen LogP contribution >= 0.6 is 0 Å². The number of rotatable bonds is 6. The Balaban J connectivity index is 4.54. The molecule has 0 radical (unpaired) electrons. The highest BCUT2D eigenvalue weighted by Crippen LogP contribution is 2.17. The molecule has 0 aromatic rings. The minimum Gasteiger partial charge on any atom is -0.479 e. The summed E-state index contributed by atoms with van der Waals surface area (Å²) in [5, 5.41) is 8.84. The molecule has 0 aliphatic rings. The Morgan fingerprint density at radius 1 is 1.44 bits per heavy atom. The molecule has 0 bridgehead atoms. The Labute approximate surface area is 94.1 Å². The molecule has 0 aliphatic heterocycles. The molecule has 0 amide bonds. The SMILES string of the molecule is CC(CCCN=C(N)N)(N=S(=O)=O)C(=O)O. The molecule has 0 aromatic heterocycles. The van der Waals surface area contributed by atoms with Crippen molar-refractivity contribution in [3.05, 3.63) is 0 Å². The fraction of sp³-hybridized carbons (Fsp3) is 0.714. The van der Waals surface area contributed by atoms with Crippen LogP contribution in [0.5, 0.6) is 0 Å². The van der Waals surface area contributed by atoms with E-state index in [2.05, 4.69) is 9.36 Å². The maximum Gasteiger partial charge on any atom is 0.332 e. The van der Waals surface area contributed by atoms with Crippen LogP contribution in [0.3, 0.4) is 0 Å². The summed E-state index contributed by atoms with van der Waals surface area (Å²) in [5.41, 5.74) is 8.48. The van der Waals surface area contributed by atoms with Gasteiger partial charge in [0.1, 0.15) is 0 Å². The molecule has 92 valence electrons. The second-order valence-corrected chi connectivity index (χ2v) is 3.91. The van der Waals surface area contributed by atoms with E-state index in [4.69, 9.17) is 16.6 Å². The van der Waals surface area contributed by atoms with Crippen molar-refractivity contribution < 1.29 is 18.3 Å². The van der Waals surface area contributed by atoms with Crippen LogP contribution in [0.2, 0.25) is 0 Å². The second-order valence-electron chi connectivity index (χ2n) is 3.30. The summed E-state index contributed by atoms with van der Waals surface area (Å²) in [6.45, 7) is 1.45. The van der Waals surface area contributed by atoms with Crippen molar-refractivity contribution in [3.63, 3.8) is 0 Å². The quantitative estimate of drug-likeness (QED) is 0.311. The fourth-order valence-corrected chi connectivity index (χ4v) is 1.49. The minimum absolute atomic E-state index is 0.0348. The van der Waals surface area contributed by atoms with Crippen molar-refractivity contribution in [1.29, 1.82) is 0 Å². The number of carboxylic acids is 1. The van der Waals surface area contributed by atoms with Gasteiger partial charge < -0.3 is 16.6 Å². The Morgan fingerprint density at radius 2 is 2.00 bits per heavy atom. The molecule has 1 atom stereocenters. The van der Waals surface area contributed by atoms with Crippen LogP contribution in [-0.4, -0.2) is 37.5 Å². The van der Waals surface area contributed by atoms with Gasteiger partial charge in [-0.1, -0.05) is 0 Å². The Bertz CT molecular complexity index is 404. The molecular formula is C7H14N4O4S. The summed E-state index contributed by atoms with van der Waals surface area (Å²) in [6, 6.07) is 0. The number of aliphatic carboxylic acids is 1. The third-order valence-corrected chi connectivity index (χ3v) is 2.40. The normalized spacial score (nSPS) is 13.6. The third-order valence-electron chi connectivity index (χ3n) is 1.85. The van der Waals surface area contributed by atoms with Gasteiger partial charge in [0, 0.05) is 6.54 Å². The summed E-state index contributed by atoms with van der Waals surface area (Å²) in [5.74, 6) is -1.40. The molecule has 0 rings (SSSR count). The lowest BCUT2D eigenvalue weighted by Gasteiger charge is -2.16. The molecule has 0 saturated carbocycles. The van der Waals surface area contributed by atoms with Crippen molar-refractivity contribution in [1.82, 2.24) is 0 Å². The molecule has 0 fully saturated rings. The van der Waals surface area contributed by atoms with Crippen LogP contribution in [0.1, 0.15) is 19.8 Å². The number of carboxylic acid groups (broad SMARTS) is 1. The van der Waals surface area contributed by atoms with Crippen molar-refractivity contribution in [2.75, 3.05) is 6.54 Å².